The number of fused-ring (bicyclic) bond motifs is 1. The van der Waals surface area contributed by atoms with Gasteiger partial charge in [0, 0.05) is 43.6 Å². The molecule has 2 heterocycles. The van der Waals surface area contributed by atoms with Crippen LogP contribution in [0.4, 0.5) is 11.5 Å². The van der Waals surface area contributed by atoms with Gasteiger partial charge in [-0.1, -0.05) is 18.2 Å². The Morgan fingerprint density at radius 3 is 2.33 bits per heavy atom. The number of benzene rings is 2. The minimum absolute atomic E-state index is 0.161. The smallest absolute Gasteiger partial charge is 0.206 e. The van der Waals surface area contributed by atoms with E-state index in [4.69, 9.17) is 4.74 Å². The first kappa shape index (κ1) is 29.7. The van der Waals surface area contributed by atoms with E-state index >= 15 is 0 Å². The van der Waals surface area contributed by atoms with Gasteiger partial charge in [-0.3, -0.25) is 0 Å². The summed E-state index contributed by atoms with van der Waals surface area (Å²) in [7, 11) is -2.98. The molecule has 0 aliphatic carbocycles. The first-order valence-electron chi connectivity index (χ1n) is 12.9. The van der Waals surface area contributed by atoms with E-state index in [-0.39, 0.29) is 21.8 Å². The van der Waals surface area contributed by atoms with Crippen LogP contribution in [0.5, 0.6) is 0 Å². The van der Waals surface area contributed by atoms with E-state index in [1.54, 1.807) is 61.7 Å². The number of unbranched alkanes of at least 4 members (excludes halogenated alkanes) is 1. The van der Waals surface area contributed by atoms with Crippen LogP contribution in [0.15, 0.2) is 70.7 Å². The Hall–Kier alpha value is -3.32. The summed E-state index contributed by atoms with van der Waals surface area (Å²) in [4.78, 5) is 13.4. The van der Waals surface area contributed by atoms with Gasteiger partial charge >= 0.3 is 0 Å². The van der Waals surface area contributed by atoms with Gasteiger partial charge in [0.15, 0.2) is 0 Å². The van der Waals surface area contributed by atoms with Crippen LogP contribution in [-0.2, 0) is 24.4 Å². The Kier molecular flexibility index (Phi) is 9.56. The number of aromatic nitrogens is 2. The molecule has 1 aliphatic rings. The number of nitrogens with zero attached hydrogens (tertiary/aromatic N) is 4. The molecule has 1 aromatic heterocycles. The Morgan fingerprint density at radius 1 is 0.950 bits per heavy atom. The molecule has 0 saturated heterocycles. The molecule has 0 spiro atoms. The lowest BCUT2D eigenvalue weighted by atomic mass is 10.2. The standard InChI is InChI=1S/C28H35N5O5S2/c1-32(17-18-39(3,34)35)15-7-8-16-33-20-26-25(19-27(33)38-2)28(30-21-29-26)31-22-11-13-24(14-12-22)40(36,37)23-9-5-4-6-10-23/h4-6,9-14,19-21,27H,7-8,15-18H2,1-3H3,(H,29,30,31). The van der Waals surface area contributed by atoms with Crippen molar-refractivity contribution in [2.75, 3.05) is 51.1 Å². The molecule has 0 bridgehead atoms. The second kappa shape index (κ2) is 12.9. The fourth-order valence-electron chi connectivity index (χ4n) is 4.34. The van der Waals surface area contributed by atoms with Gasteiger partial charge in [0.1, 0.15) is 28.2 Å². The fraction of sp³-hybridized carbons (Fsp3) is 0.357. The van der Waals surface area contributed by atoms with Crippen molar-refractivity contribution in [3.8, 4) is 0 Å². The van der Waals surface area contributed by atoms with Crippen molar-refractivity contribution < 1.29 is 21.6 Å². The van der Waals surface area contributed by atoms with E-state index in [0.29, 0.717) is 18.1 Å². The van der Waals surface area contributed by atoms with Gasteiger partial charge in [0.05, 0.1) is 20.9 Å². The van der Waals surface area contributed by atoms with Crippen molar-refractivity contribution in [2.24, 2.45) is 0 Å². The third-order valence-electron chi connectivity index (χ3n) is 6.61. The second-order valence-corrected chi connectivity index (χ2v) is 14.0. The molecule has 1 N–H and O–H groups in total. The van der Waals surface area contributed by atoms with Crippen LogP contribution in [-0.4, -0.2) is 88.6 Å². The molecule has 0 radical (unpaired) electrons. The number of hydrogen-bond donors (Lipinski definition) is 1. The van der Waals surface area contributed by atoms with Gasteiger partial charge in [0.2, 0.25) is 9.84 Å². The molecule has 3 aromatic rings. The number of rotatable bonds is 13. The highest BCUT2D eigenvalue weighted by atomic mass is 32.2. The third-order valence-corrected chi connectivity index (χ3v) is 9.32. The second-order valence-electron chi connectivity index (χ2n) is 9.79. The van der Waals surface area contributed by atoms with Gasteiger partial charge < -0.3 is 19.9 Å². The highest BCUT2D eigenvalue weighted by Gasteiger charge is 2.19. The van der Waals surface area contributed by atoms with Gasteiger partial charge in [-0.2, -0.15) is 0 Å². The molecular weight excluding hydrogens is 550 g/mol. The molecule has 0 saturated carbocycles. The Morgan fingerprint density at radius 2 is 1.65 bits per heavy atom. The predicted octanol–water partition coefficient (Wildman–Crippen LogP) is 1.62. The number of methoxy groups -OCH3 is 1. The van der Waals surface area contributed by atoms with E-state index in [2.05, 4.69) is 20.2 Å². The van der Waals surface area contributed by atoms with E-state index in [1.807, 2.05) is 24.2 Å². The maximum atomic E-state index is 12.9. The van der Waals surface area contributed by atoms with Gasteiger partial charge in [0.25, 0.3) is 0 Å². The number of anilines is 2. The molecule has 1 aliphatic heterocycles. The summed E-state index contributed by atoms with van der Waals surface area (Å²) in [6, 6.07) is 14.9. The van der Waals surface area contributed by atoms with Crippen LogP contribution in [0.1, 0.15) is 12.8 Å². The minimum atomic E-state index is -3.60. The molecule has 2 aromatic carbocycles. The summed E-state index contributed by atoms with van der Waals surface area (Å²) in [5.74, 6) is 0.752. The number of hydrogen-bond acceptors (Lipinski definition) is 10. The lowest BCUT2D eigenvalue weighted by Gasteiger charge is -2.29. The molecule has 12 heteroatoms. The van der Waals surface area contributed by atoms with Crippen LogP contribution < -0.4 is 15.9 Å². The third kappa shape index (κ3) is 7.66. The summed E-state index contributed by atoms with van der Waals surface area (Å²) in [6.45, 7) is 2.08. The predicted molar refractivity (Wildman–Crippen MR) is 156 cm³/mol. The molecule has 0 fully saturated rings. The summed E-state index contributed by atoms with van der Waals surface area (Å²) < 4.78 is 54.3. The van der Waals surface area contributed by atoms with E-state index in [0.717, 1.165) is 36.5 Å². The van der Waals surface area contributed by atoms with Crippen molar-refractivity contribution in [3.05, 3.63) is 71.5 Å². The summed E-state index contributed by atoms with van der Waals surface area (Å²) in [6.07, 6.45) is 8.18. The fourth-order valence-corrected chi connectivity index (χ4v) is 6.26. The molecule has 0 amide bonds. The van der Waals surface area contributed by atoms with E-state index < -0.39 is 19.7 Å². The first-order valence-corrected chi connectivity index (χ1v) is 16.5. The van der Waals surface area contributed by atoms with Crippen LogP contribution in [0.25, 0.3) is 12.3 Å². The average molecular weight is 586 g/mol. The van der Waals surface area contributed by atoms with Crippen LogP contribution in [0.2, 0.25) is 0 Å². The summed E-state index contributed by atoms with van der Waals surface area (Å²) in [5, 5.41) is 4.83. The van der Waals surface area contributed by atoms with Crippen LogP contribution in [0.3, 0.4) is 0 Å². The van der Waals surface area contributed by atoms with Gasteiger partial charge in [-0.05, 0) is 68.9 Å². The van der Waals surface area contributed by atoms with Crippen molar-refractivity contribution >= 4 is 43.5 Å². The monoisotopic (exact) mass is 585 g/mol. The quantitative estimate of drug-likeness (QED) is 0.296. The molecular formula is C28H35N5O5S2. The number of sulfone groups is 2. The minimum Gasteiger partial charge on any atom is -0.358 e. The normalized spacial score (nSPS) is 15.3. The molecule has 4 rings (SSSR count). The highest BCUT2D eigenvalue weighted by Crippen LogP contribution is 2.23. The van der Waals surface area contributed by atoms with Crippen molar-refractivity contribution in [1.82, 2.24) is 19.8 Å². The topological polar surface area (TPSA) is 122 Å². The van der Waals surface area contributed by atoms with E-state index in [1.165, 1.54) is 12.6 Å². The molecule has 40 heavy (non-hydrogen) atoms. The number of ether oxygens (including phenoxy) is 1. The molecule has 1 unspecified atom stereocenters. The Labute approximate surface area is 235 Å². The maximum absolute atomic E-state index is 12.9. The molecule has 10 nitrogen and oxygen atoms in total. The van der Waals surface area contributed by atoms with Crippen molar-refractivity contribution in [2.45, 2.75) is 28.9 Å². The lowest BCUT2D eigenvalue weighted by Crippen LogP contribution is -2.45. The van der Waals surface area contributed by atoms with Crippen molar-refractivity contribution in [1.29, 1.82) is 0 Å². The highest BCUT2D eigenvalue weighted by molar-refractivity contribution is 7.91. The maximum Gasteiger partial charge on any atom is 0.206 e. The molecule has 214 valence electrons. The Bertz CT molecular complexity index is 1630. The summed E-state index contributed by atoms with van der Waals surface area (Å²) in [5.41, 5.74) is 0.692. The van der Waals surface area contributed by atoms with E-state index in [9.17, 15) is 16.8 Å². The van der Waals surface area contributed by atoms with Crippen LogP contribution in [0, 0.1) is 0 Å². The first-order chi connectivity index (χ1) is 19.1. The SMILES string of the molecule is COC1C=c2c(Nc3ccc(S(=O)(=O)c4ccccc4)cc3)ncnc2=CN1CCCCN(C)CCS(C)(=O)=O. The number of nitrogens with one attached hydrogen (secondary N) is 1. The van der Waals surface area contributed by atoms with Gasteiger partial charge in [-0.25, -0.2) is 26.8 Å². The zero-order chi connectivity index (χ0) is 28.8. The lowest BCUT2D eigenvalue weighted by molar-refractivity contribution is 0.0513. The largest absolute Gasteiger partial charge is 0.358 e. The average Bonchev–Trinajstić information content (AvgIpc) is 2.94. The summed E-state index contributed by atoms with van der Waals surface area (Å²) >= 11 is 0. The van der Waals surface area contributed by atoms with Gasteiger partial charge in [-0.15, -0.1) is 0 Å². The zero-order valence-electron chi connectivity index (χ0n) is 22.9. The zero-order valence-corrected chi connectivity index (χ0v) is 24.5. The molecule has 1 atom stereocenters. The van der Waals surface area contributed by atoms with Crippen molar-refractivity contribution in [3.63, 3.8) is 0 Å². The Balaban J connectivity index is 1.43. The van der Waals surface area contributed by atoms with Crippen LogP contribution >= 0.6 is 0 Å².